The van der Waals surface area contributed by atoms with E-state index < -0.39 is 5.41 Å². The Morgan fingerprint density at radius 2 is 1.81 bits per heavy atom. The van der Waals surface area contributed by atoms with E-state index in [-0.39, 0.29) is 19.2 Å². The number of aliphatic hydroxyl groups excluding tert-OH is 1. The van der Waals surface area contributed by atoms with Crippen molar-refractivity contribution in [1.82, 2.24) is 0 Å². The van der Waals surface area contributed by atoms with Crippen molar-refractivity contribution in [3.05, 3.63) is 0 Å². The monoisotopic (exact) mass is 294 g/mol. The molecule has 0 fully saturated rings. The maximum Gasteiger partial charge on any atom is 0.305 e. The van der Waals surface area contributed by atoms with E-state index in [1.807, 2.05) is 6.92 Å². The summed E-state index contributed by atoms with van der Waals surface area (Å²) < 4.78 is 10.7. The van der Waals surface area contributed by atoms with Crippen LogP contribution in [0.1, 0.15) is 45.4 Å². The summed E-state index contributed by atoms with van der Waals surface area (Å²) in [6.45, 7) is 2.80. The van der Waals surface area contributed by atoms with Crippen molar-refractivity contribution in [2.45, 2.75) is 45.4 Å². The first kappa shape index (κ1) is 19.5. The van der Waals surface area contributed by atoms with Gasteiger partial charge in [0.25, 0.3) is 0 Å². The summed E-state index contributed by atoms with van der Waals surface area (Å²) in [4.78, 5) is 11.5. The summed E-state index contributed by atoms with van der Waals surface area (Å²) in [6.07, 6.45) is 14.3. The molecule has 0 aromatic rings. The number of aliphatic hydroxyl groups is 1. The zero-order chi connectivity index (χ0) is 16.0. The molecule has 0 aliphatic heterocycles. The number of hydrogen-bond donors (Lipinski definition) is 1. The van der Waals surface area contributed by atoms with E-state index in [2.05, 4.69) is 11.8 Å². The summed E-state index contributed by atoms with van der Waals surface area (Å²) in [6, 6.07) is 0. The Labute approximate surface area is 128 Å². The molecule has 4 heteroatoms. The van der Waals surface area contributed by atoms with Crippen LogP contribution in [0.5, 0.6) is 0 Å². The zero-order valence-corrected chi connectivity index (χ0v) is 12.9. The molecule has 0 aliphatic carbocycles. The Balaban J connectivity index is 3.86. The van der Waals surface area contributed by atoms with Crippen molar-refractivity contribution >= 4 is 5.97 Å². The minimum atomic E-state index is -0.576. The third-order valence-electron chi connectivity index (χ3n) is 2.98. The molecule has 0 aromatic carbocycles. The van der Waals surface area contributed by atoms with Crippen LogP contribution in [-0.4, -0.2) is 37.5 Å². The van der Waals surface area contributed by atoms with E-state index in [4.69, 9.17) is 22.3 Å². The van der Waals surface area contributed by atoms with Crippen LogP contribution in [-0.2, 0) is 14.3 Å². The van der Waals surface area contributed by atoms with Gasteiger partial charge in [0.2, 0.25) is 0 Å². The zero-order valence-electron chi connectivity index (χ0n) is 12.9. The fraction of sp³-hybridized carbons (Fsp3) is 0.706. The lowest BCUT2D eigenvalue weighted by Gasteiger charge is -2.26. The van der Waals surface area contributed by atoms with E-state index in [9.17, 15) is 9.90 Å². The van der Waals surface area contributed by atoms with Crippen LogP contribution in [0.2, 0.25) is 0 Å². The fourth-order valence-corrected chi connectivity index (χ4v) is 1.54. The highest BCUT2D eigenvalue weighted by Crippen LogP contribution is 2.17. The van der Waals surface area contributed by atoms with E-state index in [0.29, 0.717) is 32.5 Å². The molecule has 4 nitrogen and oxygen atoms in total. The molecule has 1 atom stereocenters. The summed E-state index contributed by atoms with van der Waals surface area (Å²) in [5.74, 6) is 4.76. The van der Waals surface area contributed by atoms with Crippen LogP contribution in [0.3, 0.4) is 0 Å². The molecule has 0 aromatic heterocycles. The van der Waals surface area contributed by atoms with Crippen LogP contribution in [0, 0.1) is 30.1 Å². The second-order valence-electron chi connectivity index (χ2n) is 5.40. The van der Waals surface area contributed by atoms with E-state index >= 15 is 0 Å². The molecule has 1 N–H and O–H groups in total. The van der Waals surface area contributed by atoms with Crippen molar-refractivity contribution in [2.24, 2.45) is 5.41 Å². The molecule has 0 spiro atoms. The second-order valence-corrected chi connectivity index (χ2v) is 5.40. The van der Waals surface area contributed by atoms with Crippen LogP contribution in [0.4, 0.5) is 0 Å². The van der Waals surface area contributed by atoms with Gasteiger partial charge in [-0.3, -0.25) is 4.79 Å². The molecule has 1 unspecified atom stereocenters. The minimum absolute atomic E-state index is 0.102. The number of rotatable bonds is 12. The molecule has 0 aliphatic rings. The van der Waals surface area contributed by atoms with Gasteiger partial charge in [-0.05, 0) is 19.3 Å². The maximum absolute atomic E-state index is 11.5. The van der Waals surface area contributed by atoms with Crippen molar-refractivity contribution in [3.63, 3.8) is 0 Å². The fourth-order valence-electron chi connectivity index (χ4n) is 1.54. The van der Waals surface area contributed by atoms with Gasteiger partial charge in [-0.25, -0.2) is 0 Å². The van der Waals surface area contributed by atoms with Crippen molar-refractivity contribution in [2.75, 3.05) is 26.4 Å². The van der Waals surface area contributed by atoms with E-state index in [1.165, 1.54) is 0 Å². The molecule has 0 bridgehead atoms. The lowest BCUT2D eigenvalue weighted by molar-refractivity contribution is -0.149. The van der Waals surface area contributed by atoms with Crippen LogP contribution in [0.15, 0.2) is 0 Å². The summed E-state index contributed by atoms with van der Waals surface area (Å²) in [5.41, 5.74) is -0.576. The Hall–Kier alpha value is -1.49. The summed E-state index contributed by atoms with van der Waals surface area (Å²) in [7, 11) is 0. The van der Waals surface area contributed by atoms with Crippen molar-refractivity contribution < 1.29 is 19.4 Å². The van der Waals surface area contributed by atoms with Gasteiger partial charge in [0.1, 0.15) is 6.61 Å². The van der Waals surface area contributed by atoms with Crippen molar-refractivity contribution in [3.8, 4) is 24.7 Å². The first-order chi connectivity index (χ1) is 10.1. The minimum Gasteiger partial charge on any atom is -0.465 e. The number of unbranched alkanes of at least 4 members (excludes halogenated alkanes) is 3. The molecular weight excluding hydrogens is 268 g/mol. The third kappa shape index (κ3) is 10.9. The standard InChI is InChI=1S/C17H26O4/c1-4-6-8-10-12-20-14-17(3,13-18)15-21-16(19)11-9-7-5-2/h1-2,18H,6-15H2,3H3. The molecule has 0 radical (unpaired) electrons. The SMILES string of the molecule is C#CCCCCOCC(C)(CO)COC(=O)CCCC#C. The first-order valence-electron chi connectivity index (χ1n) is 7.29. The van der Waals surface area contributed by atoms with Crippen LogP contribution in [0.25, 0.3) is 0 Å². The molecule has 0 amide bonds. The number of hydrogen-bond acceptors (Lipinski definition) is 4. The lowest BCUT2D eigenvalue weighted by atomic mass is 9.94. The summed E-state index contributed by atoms with van der Waals surface area (Å²) >= 11 is 0. The Morgan fingerprint density at radius 3 is 2.43 bits per heavy atom. The number of ether oxygens (including phenoxy) is 2. The van der Waals surface area contributed by atoms with Gasteiger partial charge in [0.05, 0.1) is 13.2 Å². The molecule has 0 rings (SSSR count). The number of carbonyl (C=O) groups excluding carboxylic acids is 1. The average Bonchev–Trinajstić information content (AvgIpc) is 2.49. The molecular formula is C17H26O4. The highest BCUT2D eigenvalue weighted by molar-refractivity contribution is 5.69. The predicted octanol–water partition coefficient (Wildman–Crippen LogP) is 2.15. The average molecular weight is 294 g/mol. The molecule has 118 valence electrons. The summed E-state index contributed by atoms with van der Waals surface area (Å²) in [5, 5.41) is 9.43. The maximum atomic E-state index is 11.5. The Kier molecular flexibility index (Phi) is 11.4. The van der Waals surface area contributed by atoms with E-state index in [0.717, 1.165) is 19.3 Å². The molecule has 21 heavy (non-hydrogen) atoms. The number of esters is 1. The smallest absolute Gasteiger partial charge is 0.305 e. The lowest BCUT2D eigenvalue weighted by Crippen LogP contribution is -2.34. The van der Waals surface area contributed by atoms with Crippen LogP contribution < -0.4 is 0 Å². The quantitative estimate of drug-likeness (QED) is 0.340. The topological polar surface area (TPSA) is 55.8 Å². The van der Waals surface area contributed by atoms with Crippen LogP contribution >= 0.6 is 0 Å². The Morgan fingerprint density at radius 1 is 1.14 bits per heavy atom. The van der Waals surface area contributed by atoms with Gasteiger partial charge in [-0.2, -0.15) is 0 Å². The highest BCUT2D eigenvalue weighted by Gasteiger charge is 2.26. The van der Waals surface area contributed by atoms with Gasteiger partial charge in [0, 0.05) is 31.3 Å². The van der Waals surface area contributed by atoms with Gasteiger partial charge in [-0.15, -0.1) is 24.7 Å². The van der Waals surface area contributed by atoms with E-state index in [1.54, 1.807) is 0 Å². The third-order valence-corrected chi connectivity index (χ3v) is 2.98. The van der Waals surface area contributed by atoms with Gasteiger partial charge in [0.15, 0.2) is 0 Å². The molecule has 0 saturated heterocycles. The molecule has 0 heterocycles. The molecule has 0 saturated carbocycles. The normalized spacial score (nSPS) is 13.0. The number of carbonyl (C=O) groups is 1. The first-order valence-corrected chi connectivity index (χ1v) is 7.29. The van der Waals surface area contributed by atoms with Gasteiger partial charge >= 0.3 is 5.97 Å². The van der Waals surface area contributed by atoms with Crippen molar-refractivity contribution in [1.29, 1.82) is 0 Å². The van der Waals surface area contributed by atoms with Gasteiger partial charge in [-0.1, -0.05) is 6.92 Å². The predicted molar refractivity (Wildman–Crippen MR) is 82.3 cm³/mol. The largest absolute Gasteiger partial charge is 0.465 e. The highest BCUT2D eigenvalue weighted by atomic mass is 16.5. The Bertz CT molecular complexity index is 364. The van der Waals surface area contributed by atoms with Gasteiger partial charge < -0.3 is 14.6 Å². The second kappa shape index (κ2) is 12.3. The number of terminal acetylenes is 2.